The first kappa shape index (κ1) is 16.4. The van der Waals surface area contributed by atoms with Gasteiger partial charge in [-0.2, -0.15) is 0 Å². The predicted molar refractivity (Wildman–Crippen MR) is 87.5 cm³/mol. The molecule has 1 N–H and O–H groups in total. The molecule has 24 heavy (non-hydrogen) atoms. The maximum atomic E-state index is 12.7. The van der Waals surface area contributed by atoms with Crippen LogP contribution in [0.2, 0.25) is 0 Å². The molecular formula is C17H21N3O4. The number of carbonyl (C=O) groups is 3. The zero-order valence-corrected chi connectivity index (χ0v) is 13.7. The number of nitrogens with one attached hydrogen (secondary N) is 1. The van der Waals surface area contributed by atoms with E-state index in [-0.39, 0.29) is 18.4 Å². The summed E-state index contributed by atoms with van der Waals surface area (Å²) in [7, 11) is 0. The molecule has 4 amide bonds. The zero-order valence-electron chi connectivity index (χ0n) is 13.7. The molecule has 0 aromatic heterocycles. The van der Waals surface area contributed by atoms with Crippen LogP contribution in [-0.2, 0) is 14.3 Å². The van der Waals surface area contributed by atoms with Crippen molar-refractivity contribution in [1.29, 1.82) is 0 Å². The Bertz CT molecular complexity index is 640. The minimum absolute atomic E-state index is 0.254. The lowest BCUT2D eigenvalue weighted by molar-refractivity contribution is -0.137. The van der Waals surface area contributed by atoms with Crippen molar-refractivity contribution in [3.8, 4) is 0 Å². The predicted octanol–water partition coefficient (Wildman–Crippen LogP) is 1.14. The number of likely N-dealkylation sites (N-methyl/N-ethyl adjacent to an activating group) is 1. The quantitative estimate of drug-likeness (QED) is 0.839. The minimum Gasteiger partial charge on any atom is -0.381 e. The summed E-state index contributed by atoms with van der Waals surface area (Å²) in [5, 5.41) is 2.76. The molecule has 1 spiro atoms. The van der Waals surface area contributed by atoms with Crippen molar-refractivity contribution in [3.05, 3.63) is 30.3 Å². The summed E-state index contributed by atoms with van der Waals surface area (Å²) in [6, 6.07) is 8.71. The molecule has 0 saturated carbocycles. The van der Waals surface area contributed by atoms with Gasteiger partial charge in [-0.1, -0.05) is 18.2 Å². The Morgan fingerprint density at radius 2 is 1.92 bits per heavy atom. The van der Waals surface area contributed by atoms with Gasteiger partial charge in [-0.3, -0.25) is 14.5 Å². The van der Waals surface area contributed by atoms with E-state index in [4.69, 9.17) is 4.74 Å². The first-order valence-electron chi connectivity index (χ1n) is 8.15. The molecule has 2 aliphatic heterocycles. The molecule has 2 heterocycles. The summed E-state index contributed by atoms with van der Waals surface area (Å²) in [6.07, 6.45) is 0.886. The largest absolute Gasteiger partial charge is 0.381 e. The van der Waals surface area contributed by atoms with Crippen molar-refractivity contribution in [2.45, 2.75) is 25.3 Å². The van der Waals surface area contributed by atoms with E-state index in [9.17, 15) is 14.4 Å². The molecule has 7 heteroatoms. The Labute approximate surface area is 140 Å². The molecule has 2 aliphatic rings. The molecule has 0 bridgehead atoms. The van der Waals surface area contributed by atoms with Gasteiger partial charge in [0.25, 0.3) is 5.91 Å². The number of nitrogens with zero attached hydrogens (tertiary/aromatic N) is 2. The molecule has 128 valence electrons. The number of carbonyl (C=O) groups excluding carboxylic acids is 3. The van der Waals surface area contributed by atoms with Crippen molar-refractivity contribution in [3.63, 3.8) is 0 Å². The Kier molecular flexibility index (Phi) is 4.53. The van der Waals surface area contributed by atoms with E-state index in [2.05, 4.69) is 5.32 Å². The van der Waals surface area contributed by atoms with Gasteiger partial charge in [-0.25, -0.2) is 4.79 Å². The summed E-state index contributed by atoms with van der Waals surface area (Å²) in [6.45, 7) is 2.93. The van der Waals surface area contributed by atoms with Crippen molar-refractivity contribution in [2.24, 2.45) is 0 Å². The second kappa shape index (κ2) is 6.60. The molecule has 0 aliphatic carbocycles. The topological polar surface area (TPSA) is 79.0 Å². The summed E-state index contributed by atoms with van der Waals surface area (Å²) < 4.78 is 5.27. The number of para-hydroxylation sites is 1. The number of hydrogen-bond donors (Lipinski definition) is 1. The number of imide groups is 1. The van der Waals surface area contributed by atoms with Gasteiger partial charge in [-0.05, 0) is 19.1 Å². The van der Waals surface area contributed by atoms with Gasteiger partial charge in [0.1, 0.15) is 12.1 Å². The van der Waals surface area contributed by atoms with Crippen LogP contribution in [0.1, 0.15) is 19.8 Å². The number of amides is 4. The third-order valence-corrected chi connectivity index (χ3v) is 4.57. The number of ether oxygens (including phenoxy) is 1. The van der Waals surface area contributed by atoms with Crippen molar-refractivity contribution in [2.75, 3.05) is 31.2 Å². The van der Waals surface area contributed by atoms with Crippen LogP contribution < -0.4 is 10.2 Å². The van der Waals surface area contributed by atoms with Crippen LogP contribution in [0.3, 0.4) is 0 Å². The Balaban J connectivity index is 1.74. The average Bonchev–Trinajstić information content (AvgIpc) is 2.81. The van der Waals surface area contributed by atoms with Gasteiger partial charge in [0.15, 0.2) is 0 Å². The fourth-order valence-electron chi connectivity index (χ4n) is 3.21. The first-order chi connectivity index (χ1) is 11.6. The number of hydrogen-bond acceptors (Lipinski definition) is 4. The maximum absolute atomic E-state index is 12.7. The number of urea groups is 1. The molecule has 2 fully saturated rings. The number of rotatable bonds is 4. The van der Waals surface area contributed by atoms with Crippen molar-refractivity contribution < 1.29 is 19.1 Å². The second-order valence-corrected chi connectivity index (χ2v) is 5.99. The normalized spacial score (nSPS) is 19.5. The van der Waals surface area contributed by atoms with E-state index in [1.54, 1.807) is 4.90 Å². The van der Waals surface area contributed by atoms with Crippen LogP contribution in [0.15, 0.2) is 30.3 Å². The van der Waals surface area contributed by atoms with Gasteiger partial charge in [-0.15, -0.1) is 0 Å². The second-order valence-electron chi connectivity index (χ2n) is 5.99. The van der Waals surface area contributed by atoms with Crippen molar-refractivity contribution >= 4 is 23.5 Å². The third-order valence-electron chi connectivity index (χ3n) is 4.57. The number of anilines is 1. The molecule has 2 saturated heterocycles. The fraction of sp³-hybridized carbons (Fsp3) is 0.471. The summed E-state index contributed by atoms with van der Waals surface area (Å²) >= 11 is 0. The maximum Gasteiger partial charge on any atom is 0.325 e. The average molecular weight is 331 g/mol. The highest BCUT2D eigenvalue weighted by Crippen LogP contribution is 2.28. The molecular weight excluding hydrogens is 310 g/mol. The van der Waals surface area contributed by atoms with Gasteiger partial charge < -0.3 is 15.0 Å². The van der Waals surface area contributed by atoms with Gasteiger partial charge in [0, 0.05) is 38.3 Å². The Morgan fingerprint density at radius 3 is 2.54 bits per heavy atom. The third kappa shape index (κ3) is 2.87. The molecule has 1 aromatic carbocycles. The SMILES string of the molecule is CCN(C(=O)CN1C(=O)NC2(CCOCC2)C1=O)c1ccccc1. The van der Waals surface area contributed by atoms with E-state index >= 15 is 0 Å². The van der Waals surface area contributed by atoms with Crippen molar-refractivity contribution in [1.82, 2.24) is 10.2 Å². The highest BCUT2D eigenvalue weighted by atomic mass is 16.5. The first-order valence-corrected chi connectivity index (χ1v) is 8.15. The minimum atomic E-state index is -0.903. The molecule has 7 nitrogen and oxygen atoms in total. The highest BCUT2D eigenvalue weighted by Gasteiger charge is 2.52. The van der Waals surface area contributed by atoms with E-state index in [0.717, 1.165) is 10.6 Å². The highest BCUT2D eigenvalue weighted by molar-refractivity contribution is 6.10. The summed E-state index contributed by atoms with van der Waals surface area (Å²) in [4.78, 5) is 40.1. The monoisotopic (exact) mass is 331 g/mol. The lowest BCUT2D eigenvalue weighted by atomic mass is 9.90. The van der Waals surface area contributed by atoms with E-state index in [1.807, 2.05) is 37.3 Å². The lowest BCUT2D eigenvalue weighted by Crippen LogP contribution is -2.51. The van der Waals surface area contributed by atoms with E-state index < -0.39 is 11.6 Å². The van der Waals surface area contributed by atoms with Crippen LogP contribution in [-0.4, -0.2) is 54.6 Å². The van der Waals surface area contributed by atoms with E-state index in [1.165, 1.54) is 0 Å². The van der Waals surface area contributed by atoms with Crippen LogP contribution in [0.25, 0.3) is 0 Å². The van der Waals surface area contributed by atoms with Crippen LogP contribution >= 0.6 is 0 Å². The van der Waals surface area contributed by atoms with Crippen LogP contribution in [0.5, 0.6) is 0 Å². The molecule has 0 radical (unpaired) electrons. The Morgan fingerprint density at radius 1 is 1.25 bits per heavy atom. The van der Waals surface area contributed by atoms with Gasteiger partial charge >= 0.3 is 6.03 Å². The van der Waals surface area contributed by atoms with Gasteiger partial charge in [0.05, 0.1) is 0 Å². The molecule has 0 atom stereocenters. The van der Waals surface area contributed by atoms with Crippen LogP contribution in [0, 0.1) is 0 Å². The molecule has 3 rings (SSSR count). The summed E-state index contributed by atoms with van der Waals surface area (Å²) in [5.41, 5.74) is -0.155. The fourth-order valence-corrected chi connectivity index (χ4v) is 3.21. The standard InChI is InChI=1S/C17H21N3O4/c1-2-19(13-6-4-3-5-7-13)14(21)12-20-15(22)17(18-16(20)23)8-10-24-11-9-17/h3-7H,2,8-12H2,1H3,(H,18,23). The summed E-state index contributed by atoms with van der Waals surface area (Å²) in [5.74, 6) is -0.607. The van der Waals surface area contributed by atoms with Crippen LogP contribution in [0.4, 0.5) is 10.5 Å². The zero-order chi connectivity index (χ0) is 17.2. The Hall–Kier alpha value is -2.41. The van der Waals surface area contributed by atoms with Gasteiger partial charge in [0.2, 0.25) is 5.91 Å². The number of benzene rings is 1. The van der Waals surface area contributed by atoms with E-state index in [0.29, 0.717) is 32.6 Å². The molecule has 0 unspecified atom stereocenters. The lowest BCUT2D eigenvalue weighted by Gasteiger charge is -2.30. The molecule has 1 aromatic rings. The smallest absolute Gasteiger partial charge is 0.325 e.